The average Bonchev–Trinajstić information content (AvgIpc) is 3.46. The summed E-state index contributed by atoms with van der Waals surface area (Å²) in [6.45, 7) is 0.192. The van der Waals surface area contributed by atoms with Crippen molar-refractivity contribution in [2.24, 2.45) is 5.92 Å². The Morgan fingerprint density at radius 1 is 0.971 bits per heavy atom. The summed E-state index contributed by atoms with van der Waals surface area (Å²) < 4.78 is 5.53. The number of anilines is 1. The van der Waals surface area contributed by atoms with E-state index >= 15 is 0 Å². The number of aromatic nitrogens is 1. The van der Waals surface area contributed by atoms with Gasteiger partial charge in [0.1, 0.15) is 11.5 Å². The molecule has 0 unspecified atom stereocenters. The maximum atomic E-state index is 12.6. The van der Waals surface area contributed by atoms with Crippen LogP contribution in [0.2, 0.25) is 0 Å². The number of benzene rings is 2. The van der Waals surface area contributed by atoms with Gasteiger partial charge < -0.3 is 15.2 Å². The number of hydrogen-bond donors (Lipinski definition) is 3. The highest BCUT2D eigenvalue weighted by Crippen LogP contribution is 2.44. The number of amides is 2. The van der Waals surface area contributed by atoms with Crippen LogP contribution in [0.25, 0.3) is 11.1 Å². The van der Waals surface area contributed by atoms with E-state index in [2.05, 4.69) is 39.9 Å². The molecule has 8 nitrogen and oxygen atoms in total. The third-order valence-electron chi connectivity index (χ3n) is 6.69. The van der Waals surface area contributed by atoms with Crippen molar-refractivity contribution in [3.8, 4) is 11.1 Å². The summed E-state index contributed by atoms with van der Waals surface area (Å²) in [6, 6.07) is 16.2. The smallest absolute Gasteiger partial charge is 0.413 e. The van der Waals surface area contributed by atoms with Crippen molar-refractivity contribution in [2.75, 3.05) is 11.9 Å². The van der Waals surface area contributed by atoms with E-state index in [9.17, 15) is 14.4 Å². The summed E-state index contributed by atoms with van der Waals surface area (Å²) in [5.41, 5.74) is 4.58. The Morgan fingerprint density at radius 2 is 1.60 bits per heavy atom. The Kier molecular flexibility index (Phi) is 6.50. The molecule has 1 heterocycles. The van der Waals surface area contributed by atoms with Gasteiger partial charge >= 0.3 is 12.1 Å². The highest BCUT2D eigenvalue weighted by molar-refractivity contribution is 7.17. The van der Waals surface area contributed by atoms with Gasteiger partial charge in [0, 0.05) is 12.0 Å². The summed E-state index contributed by atoms with van der Waals surface area (Å²) in [5, 5.41) is 14.9. The quantitative estimate of drug-likeness (QED) is 0.453. The monoisotopic (exact) mass is 491 g/mol. The van der Waals surface area contributed by atoms with E-state index in [4.69, 9.17) is 9.84 Å². The predicted molar refractivity (Wildman–Crippen MR) is 132 cm³/mol. The molecule has 3 N–H and O–H groups in total. The van der Waals surface area contributed by atoms with E-state index in [1.807, 2.05) is 24.3 Å². The topological polar surface area (TPSA) is 118 Å². The van der Waals surface area contributed by atoms with Crippen molar-refractivity contribution >= 4 is 34.4 Å². The van der Waals surface area contributed by atoms with Gasteiger partial charge in [0.05, 0.1) is 12.1 Å². The summed E-state index contributed by atoms with van der Waals surface area (Å²) in [4.78, 5) is 40.6. The SMILES string of the molecule is O=C(Nc1ncc(C(=O)NC2CCC(C(=O)O)CC2)s1)OCC1c2ccccc2-c2ccccc21. The summed E-state index contributed by atoms with van der Waals surface area (Å²) in [7, 11) is 0. The lowest BCUT2D eigenvalue weighted by Crippen LogP contribution is -2.38. The largest absolute Gasteiger partial charge is 0.481 e. The van der Waals surface area contributed by atoms with Crippen LogP contribution in [0, 0.1) is 5.92 Å². The average molecular weight is 492 g/mol. The third-order valence-corrected chi connectivity index (χ3v) is 7.61. The molecule has 0 atom stereocenters. The molecule has 0 bridgehead atoms. The van der Waals surface area contributed by atoms with Crippen molar-refractivity contribution < 1.29 is 24.2 Å². The van der Waals surface area contributed by atoms with Crippen molar-refractivity contribution in [1.82, 2.24) is 10.3 Å². The second kappa shape index (κ2) is 9.87. The van der Waals surface area contributed by atoms with Crippen molar-refractivity contribution in [2.45, 2.75) is 37.6 Å². The molecule has 2 aliphatic rings. The highest BCUT2D eigenvalue weighted by Gasteiger charge is 2.30. The fraction of sp³-hybridized carbons (Fsp3) is 0.308. The zero-order chi connectivity index (χ0) is 24.4. The number of rotatable bonds is 6. The number of thiazole rings is 1. The zero-order valence-electron chi connectivity index (χ0n) is 18.9. The van der Waals surface area contributed by atoms with Gasteiger partial charge in [-0.25, -0.2) is 9.78 Å². The molecule has 0 aliphatic heterocycles. The van der Waals surface area contributed by atoms with Gasteiger partial charge in [-0.05, 0) is 47.9 Å². The van der Waals surface area contributed by atoms with Gasteiger partial charge in [-0.2, -0.15) is 0 Å². The number of nitrogens with one attached hydrogen (secondary N) is 2. The molecule has 0 radical (unpaired) electrons. The lowest BCUT2D eigenvalue weighted by Gasteiger charge is -2.26. The fourth-order valence-electron chi connectivity index (χ4n) is 4.90. The Morgan fingerprint density at radius 3 is 2.23 bits per heavy atom. The van der Waals surface area contributed by atoms with Crippen LogP contribution in [0.15, 0.2) is 54.7 Å². The number of hydrogen-bond acceptors (Lipinski definition) is 6. The number of carbonyl (C=O) groups is 3. The van der Waals surface area contributed by atoms with Gasteiger partial charge in [0.25, 0.3) is 5.91 Å². The van der Waals surface area contributed by atoms with Crippen LogP contribution in [0.5, 0.6) is 0 Å². The Hall–Kier alpha value is -3.72. The fourth-order valence-corrected chi connectivity index (χ4v) is 5.61. The molecule has 2 aromatic carbocycles. The molecular weight excluding hydrogens is 466 g/mol. The Bertz CT molecular complexity index is 1220. The third kappa shape index (κ3) is 4.90. The molecule has 5 rings (SSSR count). The van der Waals surface area contributed by atoms with E-state index in [1.54, 1.807) is 0 Å². The van der Waals surface area contributed by atoms with Crippen LogP contribution in [0.4, 0.5) is 9.93 Å². The maximum absolute atomic E-state index is 12.6. The molecule has 2 amide bonds. The first kappa shape index (κ1) is 23.0. The normalized spacial score (nSPS) is 18.9. The Balaban J connectivity index is 1.15. The van der Waals surface area contributed by atoms with Crippen LogP contribution in [0.1, 0.15) is 52.4 Å². The minimum Gasteiger partial charge on any atom is -0.481 e. The van der Waals surface area contributed by atoms with Crippen LogP contribution in [-0.2, 0) is 9.53 Å². The van der Waals surface area contributed by atoms with Gasteiger partial charge in [-0.3, -0.25) is 14.9 Å². The number of carboxylic acids is 1. The van der Waals surface area contributed by atoms with E-state index < -0.39 is 12.1 Å². The number of carbonyl (C=O) groups excluding carboxylic acids is 2. The molecule has 1 fully saturated rings. The van der Waals surface area contributed by atoms with Crippen molar-refractivity contribution in [3.63, 3.8) is 0 Å². The molecule has 1 saturated carbocycles. The number of carboxylic acid groups (broad SMARTS) is 1. The van der Waals surface area contributed by atoms with Crippen molar-refractivity contribution in [3.05, 3.63) is 70.7 Å². The summed E-state index contributed by atoms with van der Waals surface area (Å²) >= 11 is 1.07. The molecule has 1 aromatic heterocycles. The minimum absolute atomic E-state index is 0.0398. The molecule has 0 saturated heterocycles. The second-order valence-electron chi connectivity index (χ2n) is 8.84. The molecule has 3 aromatic rings. The first-order valence-corrected chi connectivity index (χ1v) is 12.4. The van der Waals surface area contributed by atoms with Crippen LogP contribution in [0.3, 0.4) is 0 Å². The van der Waals surface area contributed by atoms with Crippen LogP contribution < -0.4 is 10.6 Å². The standard InChI is InChI=1S/C26H25N3O5S/c30-23(28-16-11-9-15(10-12-16)24(31)32)22-13-27-25(35-22)29-26(33)34-14-21-19-7-3-1-5-17(19)18-6-2-4-8-20(18)21/h1-8,13,15-16,21H,9-12,14H2,(H,28,30)(H,31,32)(H,27,29,33). The van der Waals surface area contributed by atoms with Crippen LogP contribution >= 0.6 is 11.3 Å². The lowest BCUT2D eigenvalue weighted by atomic mass is 9.86. The number of fused-ring (bicyclic) bond motifs is 3. The van der Waals surface area contributed by atoms with E-state index in [0.29, 0.717) is 30.6 Å². The van der Waals surface area contributed by atoms with E-state index in [1.165, 1.54) is 6.20 Å². The summed E-state index contributed by atoms with van der Waals surface area (Å²) in [6.07, 6.45) is 3.16. The van der Waals surface area contributed by atoms with Crippen molar-refractivity contribution in [1.29, 1.82) is 0 Å². The predicted octanol–water partition coefficient (Wildman–Crippen LogP) is 4.88. The number of nitrogens with zero attached hydrogens (tertiary/aromatic N) is 1. The van der Waals surface area contributed by atoms with Crippen LogP contribution in [-0.4, -0.2) is 40.7 Å². The molecular formula is C26H25N3O5S. The van der Waals surface area contributed by atoms with Gasteiger partial charge in [-0.15, -0.1) is 0 Å². The first-order valence-electron chi connectivity index (χ1n) is 11.6. The molecule has 9 heteroatoms. The number of aliphatic carboxylic acids is 1. The number of ether oxygens (including phenoxy) is 1. The Labute approximate surface area is 206 Å². The molecule has 0 spiro atoms. The summed E-state index contributed by atoms with van der Waals surface area (Å²) in [5.74, 6) is -1.43. The first-order chi connectivity index (χ1) is 17.0. The van der Waals surface area contributed by atoms with Gasteiger partial charge in [-0.1, -0.05) is 59.9 Å². The molecule has 180 valence electrons. The van der Waals surface area contributed by atoms with E-state index in [0.717, 1.165) is 33.6 Å². The minimum atomic E-state index is -0.777. The maximum Gasteiger partial charge on any atom is 0.413 e. The molecule has 35 heavy (non-hydrogen) atoms. The van der Waals surface area contributed by atoms with Gasteiger partial charge in [0.2, 0.25) is 0 Å². The second-order valence-corrected chi connectivity index (χ2v) is 9.87. The highest BCUT2D eigenvalue weighted by atomic mass is 32.1. The van der Waals surface area contributed by atoms with E-state index in [-0.39, 0.29) is 35.5 Å². The van der Waals surface area contributed by atoms with Gasteiger partial charge in [0.15, 0.2) is 5.13 Å². The lowest BCUT2D eigenvalue weighted by molar-refractivity contribution is -0.142. The molecule has 2 aliphatic carbocycles. The zero-order valence-corrected chi connectivity index (χ0v) is 19.7.